The monoisotopic (exact) mass is 400 g/mol. The van der Waals surface area contributed by atoms with Crippen LogP contribution in [0.5, 0.6) is 5.75 Å². The highest BCUT2D eigenvalue weighted by Crippen LogP contribution is 2.24. The fraction of sp³-hybridized carbons (Fsp3) is 0.200. The molecule has 2 N–H and O–H groups in total. The number of nitrogens with zero attached hydrogens (tertiary/aromatic N) is 2. The van der Waals surface area contributed by atoms with Gasteiger partial charge in [-0.2, -0.15) is 0 Å². The molecule has 30 heavy (non-hydrogen) atoms. The molecule has 4 aromatic rings. The van der Waals surface area contributed by atoms with Crippen LogP contribution >= 0.6 is 0 Å². The minimum atomic E-state index is -0.0802. The second-order valence-electron chi connectivity index (χ2n) is 7.35. The maximum absolute atomic E-state index is 13.5. The zero-order valence-electron chi connectivity index (χ0n) is 17.3. The van der Waals surface area contributed by atoms with Gasteiger partial charge in [0.1, 0.15) is 11.8 Å². The number of aromatic nitrogens is 2. The molecule has 0 amide bonds. The van der Waals surface area contributed by atoms with E-state index in [0.717, 1.165) is 18.8 Å². The molecule has 1 atom stereocenters. The van der Waals surface area contributed by atoms with Crippen LogP contribution in [0.3, 0.4) is 0 Å². The van der Waals surface area contributed by atoms with Crippen molar-refractivity contribution >= 4 is 10.9 Å². The van der Waals surface area contributed by atoms with Gasteiger partial charge in [0, 0.05) is 6.42 Å². The molecule has 0 aliphatic heterocycles. The van der Waals surface area contributed by atoms with Crippen LogP contribution < -0.4 is 15.6 Å². The third kappa shape index (κ3) is 3.98. The van der Waals surface area contributed by atoms with E-state index in [0.29, 0.717) is 22.3 Å². The molecule has 0 radical (unpaired) electrons. The Morgan fingerprint density at radius 3 is 2.47 bits per heavy atom. The lowest BCUT2D eigenvalue weighted by atomic mass is 10.1. The highest BCUT2D eigenvalue weighted by molar-refractivity contribution is 5.78. The number of hydrogen-bond donors (Lipinski definition) is 1. The molecule has 0 saturated carbocycles. The predicted octanol–water partition coefficient (Wildman–Crippen LogP) is 3.26. The molecule has 5 nitrogen and oxygen atoms in total. The van der Waals surface area contributed by atoms with Crippen LogP contribution in [-0.4, -0.2) is 23.2 Å². The third-order valence-corrected chi connectivity index (χ3v) is 5.33. The van der Waals surface area contributed by atoms with Crippen LogP contribution in [0.1, 0.15) is 24.4 Å². The van der Waals surface area contributed by atoms with Crippen molar-refractivity contribution in [1.82, 2.24) is 9.55 Å². The largest absolute Gasteiger partial charge is 0.495 e. The van der Waals surface area contributed by atoms with Crippen molar-refractivity contribution in [3.8, 4) is 11.4 Å². The molecule has 3 aromatic carbocycles. The van der Waals surface area contributed by atoms with Gasteiger partial charge in [0.25, 0.3) is 5.56 Å². The van der Waals surface area contributed by atoms with E-state index in [1.807, 2.05) is 54.6 Å². The average molecular weight is 401 g/mol. The van der Waals surface area contributed by atoms with Crippen LogP contribution in [0.4, 0.5) is 0 Å². The van der Waals surface area contributed by atoms with E-state index in [9.17, 15) is 4.79 Å². The number of para-hydroxylation sites is 3. The first-order valence-electron chi connectivity index (χ1n) is 10.2. The zero-order chi connectivity index (χ0) is 20.9. The van der Waals surface area contributed by atoms with Crippen molar-refractivity contribution in [3.63, 3.8) is 0 Å². The van der Waals surface area contributed by atoms with Gasteiger partial charge in [-0.15, -0.1) is 0 Å². The summed E-state index contributed by atoms with van der Waals surface area (Å²) in [6.45, 7) is 2.99. The highest BCUT2D eigenvalue weighted by atomic mass is 16.5. The molecule has 152 valence electrons. The van der Waals surface area contributed by atoms with E-state index in [2.05, 4.69) is 36.5 Å². The van der Waals surface area contributed by atoms with Gasteiger partial charge in [0.2, 0.25) is 0 Å². The van der Waals surface area contributed by atoms with Crippen LogP contribution in [0.25, 0.3) is 16.6 Å². The van der Waals surface area contributed by atoms with Gasteiger partial charge in [-0.1, -0.05) is 54.6 Å². The smallest absolute Gasteiger partial charge is 0.266 e. The summed E-state index contributed by atoms with van der Waals surface area (Å²) in [7, 11) is 1.62. The number of hydrogen-bond acceptors (Lipinski definition) is 3. The number of ether oxygens (including phenoxy) is 1. The molecule has 0 unspecified atom stereocenters. The summed E-state index contributed by atoms with van der Waals surface area (Å²) in [6, 6.07) is 25.5. The lowest BCUT2D eigenvalue weighted by Crippen LogP contribution is -2.85. The summed E-state index contributed by atoms with van der Waals surface area (Å²) in [5.41, 5.74) is 2.64. The van der Waals surface area contributed by atoms with Gasteiger partial charge in [-0.25, -0.2) is 4.98 Å². The average Bonchev–Trinajstić information content (AvgIpc) is 2.79. The maximum Gasteiger partial charge on any atom is 0.266 e. The van der Waals surface area contributed by atoms with E-state index in [4.69, 9.17) is 9.72 Å². The van der Waals surface area contributed by atoms with E-state index < -0.39 is 0 Å². The Labute approximate surface area is 176 Å². The minimum Gasteiger partial charge on any atom is -0.495 e. The van der Waals surface area contributed by atoms with E-state index in [1.165, 1.54) is 5.56 Å². The molecular weight excluding hydrogens is 374 g/mol. The van der Waals surface area contributed by atoms with E-state index in [1.54, 1.807) is 11.7 Å². The van der Waals surface area contributed by atoms with Crippen molar-refractivity contribution in [2.45, 2.75) is 19.4 Å². The zero-order valence-corrected chi connectivity index (χ0v) is 17.3. The number of nitrogens with two attached hydrogens (primary N) is 1. The molecular formula is C25H26N3O2+. The number of benzene rings is 3. The van der Waals surface area contributed by atoms with Crippen LogP contribution in [0.15, 0.2) is 83.7 Å². The number of rotatable bonds is 7. The Morgan fingerprint density at radius 2 is 1.67 bits per heavy atom. The first-order chi connectivity index (χ1) is 14.7. The second-order valence-corrected chi connectivity index (χ2v) is 7.35. The minimum absolute atomic E-state index is 0.00377. The lowest BCUT2D eigenvalue weighted by molar-refractivity contribution is -0.693. The van der Waals surface area contributed by atoms with Crippen molar-refractivity contribution in [2.24, 2.45) is 0 Å². The summed E-state index contributed by atoms with van der Waals surface area (Å²) in [5, 5.41) is 2.83. The van der Waals surface area contributed by atoms with Crippen molar-refractivity contribution < 1.29 is 10.1 Å². The summed E-state index contributed by atoms with van der Waals surface area (Å²) in [4.78, 5) is 18.4. The first kappa shape index (κ1) is 19.9. The Hall–Kier alpha value is -3.44. The number of methoxy groups -OCH3 is 1. The fourth-order valence-electron chi connectivity index (χ4n) is 3.75. The Bertz CT molecular complexity index is 1200. The fourth-order valence-corrected chi connectivity index (χ4v) is 3.75. The van der Waals surface area contributed by atoms with Gasteiger partial charge in [0.15, 0.2) is 5.82 Å². The number of fused-ring (bicyclic) bond motifs is 1. The summed E-state index contributed by atoms with van der Waals surface area (Å²) < 4.78 is 7.24. The molecule has 0 saturated heterocycles. The highest BCUT2D eigenvalue weighted by Gasteiger charge is 2.21. The summed E-state index contributed by atoms with van der Waals surface area (Å²) >= 11 is 0. The number of quaternary nitrogens is 1. The van der Waals surface area contributed by atoms with Crippen molar-refractivity contribution in [2.75, 3.05) is 13.7 Å². The SMILES string of the molecule is COc1ccccc1-n1c([C@@H](C)[NH2+]CCc2ccccc2)nc2ccccc2c1=O. The molecule has 1 aromatic heterocycles. The third-order valence-electron chi connectivity index (χ3n) is 5.33. The Kier molecular flexibility index (Phi) is 5.91. The van der Waals surface area contributed by atoms with Gasteiger partial charge in [0.05, 0.1) is 30.2 Å². The Balaban J connectivity index is 1.75. The normalized spacial score (nSPS) is 12.1. The standard InChI is InChI=1S/C25H25N3O2/c1-18(26-17-16-19-10-4-3-5-11-19)24-27-21-13-7-6-12-20(21)25(29)28(24)22-14-8-9-15-23(22)30-2/h3-15,18,26H,16-17H2,1-2H3/p+1/t18-/m1/s1. The summed E-state index contributed by atoms with van der Waals surface area (Å²) in [6.07, 6.45) is 0.956. The predicted molar refractivity (Wildman–Crippen MR) is 119 cm³/mol. The van der Waals surface area contributed by atoms with Crippen LogP contribution in [-0.2, 0) is 6.42 Å². The summed E-state index contributed by atoms with van der Waals surface area (Å²) in [5.74, 6) is 1.37. The van der Waals surface area contributed by atoms with Gasteiger partial charge in [-0.05, 0) is 36.8 Å². The molecule has 0 spiro atoms. The molecule has 0 fully saturated rings. The molecule has 0 aliphatic carbocycles. The molecule has 0 bridgehead atoms. The van der Waals surface area contributed by atoms with Gasteiger partial charge < -0.3 is 10.1 Å². The van der Waals surface area contributed by atoms with E-state index in [-0.39, 0.29) is 11.6 Å². The Morgan fingerprint density at radius 1 is 0.967 bits per heavy atom. The topological polar surface area (TPSA) is 60.7 Å². The molecule has 1 heterocycles. The molecule has 4 rings (SSSR count). The van der Waals surface area contributed by atoms with Gasteiger partial charge >= 0.3 is 0 Å². The lowest BCUT2D eigenvalue weighted by Gasteiger charge is -2.19. The van der Waals surface area contributed by atoms with Crippen molar-refractivity contribution in [1.29, 1.82) is 0 Å². The van der Waals surface area contributed by atoms with Gasteiger partial charge in [-0.3, -0.25) is 9.36 Å². The molecule has 0 aliphatic rings. The van der Waals surface area contributed by atoms with Crippen LogP contribution in [0, 0.1) is 0 Å². The van der Waals surface area contributed by atoms with E-state index >= 15 is 0 Å². The van der Waals surface area contributed by atoms with Crippen LogP contribution in [0.2, 0.25) is 0 Å². The first-order valence-corrected chi connectivity index (χ1v) is 10.2. The molecule has 5 heteroatoms. The maximum atomic E-state index is 13.5. The second kappa shape index (κ2) is 8.93. The quantitative estimate of drug-likeness (QED) is 0.518. The van der Waals surface area contributed by atoms with Crippen molar-refractivity contribution in [3.05, 3.63) is 101 Å².